The van der Waals surface area contributed by atoms with Crippen molar-refractivity contribution in [3.05, 3.63) is 56.5 Å². The molecule has 0 fully saturated rings. The van der Waals surface area contributed by atoms with Gasteiger partial charge in [-0.2, -0.15) is 0 Å². The Labute approximate surface area is 104 Å². The smallest absolute Gasteiger partial charge is 0.195 e. The van der Waals surface area contributed by atoms with Gasteiger partial charge < -0.3 is 0 Å². The third-order valence-corrected chi connectivity index (χ3v) is 4.45. The minimum atomic E-state index is 0.109. The van der Waals surface area contributed by atoms with E-state index in [0.717, 1.165) is 25.3 Å². The maximum atomic E-state index is 12.3. The molecule has 1 aromatic heterocycles. The number of hydrogen-bond acceptors (Lipinski definition) is 2. The molecule has 0 saturated carbocycles. The predicted molar refractivity (Wildman–Crippen MR) is 73.3 cm³/mol. The molecule has 2 aromatic carbocycles. The highest BCUT2D eigenvalue weighted by molar-refractivity contribution is 9.10. The van der Waals surface area contributed by atoms with Gasteiger partial charge in [0.2, 0.25) is 0 Å². The van der Waals surface area contributed by atoms with Gasteiger partial charge in [0.05, 0.1) is 4.70 Å². The second-order valence-electron chi connectivity index (χ2n) is 3.57. The quantitative estimate of drug-likeness (QED) is 0.607. The van der Waals surface area contributed by atoms with Crippen molar-refractivity contribution in [2.24, 2.45) is 0 Å². The van der Waals surface area contributed by atoms with E-state index in [4.69, 9.17) is 0 Å². The number of fused-ring (bicyclic) bond motifs is 2. The summed E-state index contributed by atoms with van der Waals surface area (Å²) >= 11 is 5.12. The molecule has 0 radical (unpaired) electrons. The molecule has 0 aliphatic rings. The molecule has 0 amide bonds. The lowest BCUT2D eigenvalue weighted by atomic mass is 10.2. The average Bonchev–Trinajstić information content (AvgIpc) is 2.74. The SMILES string of the molecule is O=c1c2ccccc2cc(Br)c2sccc12. The first-order valence-corrected chi connectivity index (χ1v) is 6.53. The molecule has 0 N–H and O–H groups in total. The highest BCUT2D eigenvalue weighted by Crippen LogP contribution is 2.28. The van der Waals surface area contributed by atoms with E-state index in [0.29, 0.717) is 0 Å². The Morgan fingerprint density at radius 3 is 2.75 bits per heavy atom. The second kappa shape index (κ2) is 3.68. The molecule has 16 heavy (non-hydrogen) atoms. The van der Waals surface area contributed by atoms with E-state index in [1.165, 1.54) is 0 Å². The van der Waals surface area contributed by atoms with Crippen LogP contribution in [0.25, 0.3) is 20.9 Å². The van der Waals surface area contributed by atoms with Crippen LogP contribution in [0, 0.1) is 0 Å². The van der Waals surface area contributed by atoms with Gasteiger partial charge in [-0.1, -0.05) is 24.3 Å². The maximum absolute atomic E-state index is 12.3. The fraction of sp³-hybridized carbons (Fsp3) is 0. The van der Waals surface area contributed by atoms with Crippen molar-refractivity contribution in [3.8, 4) is 0 Å². The summed E-state index contributed by atoms with van der Waals surface area (Å²) in [4.78, 5) is 12.3. The van der Waals surface area contributed by atoms with E-state index < -0.39 is 0 Å². The molecule has 0 aliphatic carbocycles. The van der Waals surface area contributed by atoms with Crippen LogP contribution >= 0.6 is 27.3 Å². The molecule has 0 spiro atoms. The van der Waals surface area contributed by atoms with Crippen LogP contribution in [0.2, 0.25) is 0 Å². The van der Waals surface area contributed by atoms with Crippen molar-refractivity contribution in [2.45, 2.75) is 0 Å². The minimum Gasteiger partial charge on any atom is -0.289 e. The fourth-order valence-corrected chi connectivity index (χ4v) is 3.39. The molecule has 0 saturated heterocycles. The van der Waals surface area contributed by atoms with Crippen LogP contribution in [-0.4, -0.2) is 0 Å². The Kier molecular flexibility index (Phi) is 2.30. The lowest BCUT2D eigenvalue weighted by Gasteiger charge is -1.88. The number of rotatable bonds is 0. The van der Waals surface area contributed by atoms with Gasteiger partial charge in [0.15, 0.2) is 5.43 Å². The summed E-state index contributed by atoms with van der Waals surface area (Å²) in [6.07, 6.45) is 0. The average molecular weight is 291 g/mol. The normalized spacial score (nSPS) is 11.1. The van der Waals surface area contributed by atoms with Gasteiger partial charge in [0, 0.05) is 15.2 Å². The minimum absolute atomic E-state index is 0.109. The summed E-state index contributed by atoms with van der Waals surface area (Å²) in [5.74, 6) is 0. The molecule has 78 valence electrons. The van der Waals surface area contributed by atoms with Crippen LogP contribution < -0.4 is 5.43 Å². The summed E-state index contributed by atoms with van der Waals surface area (Å²) < 4.78 is 2.00. The van der Waals surface area contributed by atoms with Crippen LogP contribution in [0.15, 0.2) is 51.0 Å². The fourth-order valence-electron chi connectivity index (χ4n) is 1.85. The molecule has 0 unspecified atom stereocenters. The van der Waals surface area contributed by atoms with Crippen LogP contribution in [0.4, 0.5) is 0 Å². The van der Waals surface area contributed by atoms with E-state index in [2.05, 4.69) is 15.9 Å². The predicted octanol–water partition coefficient (Wildman–Crippen LogP) is 4.18. The third-order valence-electron chi connectivity index (χ3n) is 2.61. The first-order valence-electron chi connectivity index (χ1n) is 4.86. The standard InChI is InChI=1S/C13H7BrOS/c14-11-7-8-3-1-2-4-9(8)12(15)10-5-6-16-13(10)11/h1-7H. The van der Waals surface area contributed by atoms with Crippen molar-refractivity contribution in [2.75, 3.05) is 0 Å². The Morgan fingerprint density at radius 2 is 1.88 bits per heavy atom. The van der Waals surface area contributed by atoms with Crippen LogP contribution in [0.1, 0.15) is 0 Å². The van der Waals surface area contributed by atoms with Gasteiger partial charge in [0.25, 0.3) is 0 Å². The van der Waals surface area contributed by atoms with Crippen molar-refractivity contribution in [1.29, 1.82) is 0 Å². The topological polar surface area (TPSA) is 17.1 Å². The van der Waals surface area contributed by atoms with Gasteiger partial charge in [0.1, 0.15) is 0 Å². The van der Waals surface area contributed by atoms with Crippen molar-refractivity contribution in [1.82, 2.24) is 0 Å². The number of halogens is 1. The molecular weight excluding hydrogens is 284 g/mol. The molecule has 3 rings (SSSR count). The summed E-state index contributed by atoms with van der Waals surface area (Å²) in [7, 11) is 0. The molecule has 0 aliphatic heterocycles. The van der Waals surface area contributed by atoms with E-state index in [9.17, 15) is 4.79 Å². The zero-order valence-electron chi connectivity index (χ0n) is 8.24. The van der Waals surface area contributed by atoms with E-state index >= 15 is 0 Å². The van der Waals surface area contributed by atoms with Crippen molar-refractivity contribution >= 4 is 48.1 Å². The number of thiophene rings is 1. The monoisotopic (exact) mass is 290 g/mol. The Morgan fingerprint density at radius 1 is 1.06 bits per heavy atom. The molecule has 3 aromatic rings. The lowest BCUT2D eigenvalue weighted by molar-refractivity contribution is 1.77. The van der Waals surface area contributed by atoms with Crippen LogP contribution in [0.5, 0.6) is 0 Å². The molecule has 0 bridgehead atoms. The van der Waals surface area contributed by atoms with Crippen molar-refractivity contribution < 1.29 is 0 Å². The second-order valence-corrected chi connectivity index (χ2v) is 5.34. The zero-order valence-corrected chi connectivity index (χ0v) is 10.6. The van der Waals surface area contributed by atoms with Gasteiger partial charge in [-0.3, -0.25) is 4.79 Å². The van der Waals surface area contributed by atoms with Gasteiger partial charge in [-0.05, 0) is 38.8 Å². The molecule has 1 heterocycles. The summed E-state index contributed by atoms with van der Waals surface area (Å²) in [6.45, 7) is 0. The molecule has 1 nitrogen and oxygen atoms in total. The first kappa shape index (κ1) is 10.00. The van der Waals surface area contributed by atoms with Crippen LogP contribution in [0.3, 0.4) is 0 Å². The van der Waals surface area contributed by atoms with Gasteiger partial charge in [-0.15, -0.1) is 11.3 Å². The number of benzene rings is 1. The van der Waals surface area contributed by atoms with E-state index in [1.54, 1.807) is 11.3 Å². The molecular formula is C13H7BrOS. The highest BCUT2D eigenvalue weighted by Gasteiger charge is 2.06. The Balaban J connectivity index is 2.74. The molecule has 3 heteroatoms. The van der Waals surface area contributed by atoms with Gasteiger partial charge >= 0.3 is 0 Å². The van der Waals surface area contributed by atoms with Gasteiger partial charge in [-0.25, -0.2) is 0 Å². The van der Waals surface area contributed by atoms with Crippen molar-refractivity contribution in [3.63, 3.8) is 0 Å². The third kappa shape index (κ3) is 1.39. The number of hydrogen-bond donors (Lipinski definition) is 0. The summed E-state index contributed by atoms with van der Waals surface area (Å²) in [5.41, 5.74) is 0.109. The summed E-state index contributed by atoms with van der Waals surface area (Å²) in [6, 6.07) is 11.6. The lowest BCUT2D eigenvalue weighted by Crippen LogP contribution is -1.96. The summed E-state index contributed by atoms with van der Waals surface area (Å²) in [5, 5.41) is 4.49. The Bertz CT molecular complexity index is 746. The molecule has 0 atom stereocenters. The first-order chi connectivity index (χ1) is 7.77. The van der Waals surface area contributed by atoms with Crippen LogP contribution in [-0.2, 0) is 0 Å². The Hall–Kier alpha value is -1.19. The zero-order chi connectivity index (χ0) is 11.1. The largest absolute Gasteiger partial charge is 0.289 e. The van der Waals surface area contributed by atoms with E-state index in [1.807, 2.05) is 41.8 Å². The maximum Gasteiger partial charge on any atom is 0.195 e. The highest BCUT2D eigenvalue weighted by atomic mass is 79.9. The van der Waals surface area contributed by atoms with E-state index in [-0.39, 0.29) is 5.43 Å².